The maximum Gasteiger partial charge on any atom is 0.248 e. The van der Waals surface area contributed by atoms with E-state index in [0.717, 1.165) is 45.6 Å². The van der Waals surface area contributed by atoms with Gasteiger partial charge in [-0.15, -0.1) is 0 Å². The number of piperazine rings is 1. The van der Waals surface area contributed by atoms with Crippen LogP contribution >= 0.6 is 0 Å². The zero-order valence-corrected chi connectivity index (χ0v) is 27.1. The lowest BCUT2D eigenvalue weighted by molar-refractivity contribution is -0.127. The number of fused-ring (bicyclic) bond motifs is 3. The zero-order chi connectivity index (χ0) is 31.2. The number of aromatic nitrogens is 1. The molecule has 4 heterocycles. The van der Waals surface area contributed by atoms with Crippen LogP contribution in [0.4, 0.5) is 8.78 Å². The molecule has 45 heavy (non-hydrogen) atoms. The molecule has 4 fully saturated rings. The Morgan fingerprint density at radius 3 is 2.73 bits per heavy atom. The Morgan fingerprint density at radius 2 is 1.96 bits per heavy atom. The summed E-state index contributed by atoms with van der Waals surface area (Å²) in [6.45, 7) is 5.15. The lowest BCUT2D eigenvalue weighted by Gasteiger charge is -2.58. The third-order valence-electron chi connectivity index (χ3n) is 11.3. The molecule has 5 atom stereocenters. The first-order valence-electron chi connectivity index (χ1n) is 17.7. The molecule has 0 amide bonds. The fraction of sp³-hybridized carbons (Fsp3) is 0.676. The molecule has 246 valence electrons. The van der Waals surface area contributed by atoms with E-state index in [-0.39, 0.29) is 30.5 Å². The maximum atomic E-state index is 13.8. The number of carbonyl (C=O) groups is 1. The second kappa shape index (κ2) is 15.1. The third-order valence-corrected chi connectivity index (χ3v) is 11.3. The van der Waals surface area contributed by atoms with Crippen molar-refractivity contribution in [3.8, 4) is 0 Å². The van der Waals surface area contributed by atoms with Gasteiger partial charge in [-0.05, 0) is 108 Å². The molecule has 7 rings (SSSR count). The van der Waals surface area contributed by atoms with E-state index in [4.69, 9.17) is 4.98 Å². The molecule has 1 aromatic heterocycles. The molecular weight excluding hydrogens is 568 g/mol. The highest BCUT2D eigenvalue weighted by molar-refractivity contribution is 5.82. The van der Waals surface area contributed by atoms with E-state index >= 15 is 0 Å². The van der Waals surface area contributed by atoms with Crippen molar-refractivity contribution in [2.24, 2.45) is 5.92 Å². The van der Waals surface area contributed by atoms with Crippen molar-refractivity contribution in [3.05, 3.63) is 65.5 Å². The number of nitrogens with one attached hydrogen (secondary N) is 2. The first kappa shape index (κ1) is 32.7. The monoisotopic (exact) mass is 621 g/mol. The Labute approximate surface area is 268 Å². The number of aryl methyl sites for hydroxylation is 1. The Morgan fingerprint density at radius 1 is 1.13 bits per heavy atom. The van der Waals surface area contributed by atoms with Gasteiger partial charge in [-0.25, -0.2) is 8.78 Å². The van der Waals surface area contributed by atoms with Crippen LogP contribution in [0.2, 0.25) is 0 Å². The van der Waals surface area contributed by atoms with Crippen LogP contribution in [0, 0.1) is 5.92 Å². The minimum Gasteiger partial charge on any atom is -0.320 e. The van der Waals surface area contributed by atoms with Gasteiger partial charge in [-0.3, -0.25) is 19.6 Å². The average Bonchev–Trinajstić information content (AvgIpc) is 3.05. The summed E-state index contributed by atoms with van der Waals surface area (Å²) in [5.41, 5.74) is 3.90. The van der Waals surface area contributed by atoms with Crippen molar-refractivity contribution in [2.45, 2.75) is 113 Å². The number of benzene rings is 1. The van der Waals surface area contributed by atoms with Crippen LogP contribution in [-0.2, 0) is 11.2 Å². The highest BCUT2D eigenvalue weighted by atomic mass is 19.3. The van der Waals surface area contributed by atoms with Gasteiger partial charge < -0.3 is 10.6 Å². The minimum atomic E-state index is -2.60. The lowest BCUT2D eigenvalue weighted by Crippen LogP contribution is -2.74. The third kappa shape index (κ3) is 8.01. The fourth-order valence-corrected chi connectivity index (χ4v) is 8.61. The SMILES string of the molecule is CNCCCCN(C[C@@H]1NCC2CC1N2CC[C@H](CC(=O)C1CCC(F)(F)CC1)c1ccccc1)[C@H]1CCCc2cccnc21. The summed E-state index contributed by atoms with van der Waals surface area (Å²) in [4.78, 5) is 23.7. The quantitative estimate of drug-likeness (QED) is 0.233. The normalized spacial score (nSPS) is 27.1. The van der Waals surface area contributed by atoms with Crippen LogP contribution in [-0.4, -0.2) is 84.4 Å². The molecule has 3 aliphatic heterocycles. The molecule has 5 aliphatic rings. The number of carbonyl (C=O) groups excluding carboxylic acids is 1. The number of piperidine rings is 1. The Hall–Kier alpha value is -2.26. The van der Waals surface area contributed by atoms with Crippen molar-refractivity contribution in [3.63, 3.8) is 0 Å². The molecule has 1 saturated carbocycles. The molecule has 3 saturated heterocycles. The number of nitrogens with zero attached hydrogens (tertiary/aromatic N) is 3. The van der Waals surface area contributed by atoms with Gasteiger partial charge in [0, 0.05) is 62.6 Å². The lowest BCUT2D eigenvalue weighted by atomic mass is 9.78. The minimum absolute atomic E-state index is 0.127. The second-order valence-corrected chi connectivity index (χ2v) is 14.2. The number of unbranched alkanes of at least 4 members (excludes halogenated alkanes) is 1. The molecule has 2 bridgehead atoms. The smallest absolute Gasteiger partial charge is 0.248 e. The Kier molecular flexibility index (Phi) is 11.0. The van der Waals surface area contributed by atoms with Crippen LogP contribution in [0.5, 0.6) is 0 Å². The van der Waals surface area contributed by atoms with Crippen molar-refractivity contribution in [1.82, 2.24) is 25.4 Å². The molecule has 2 aliphatic carbocycles. The predicted molar refractivity (Wildman–Crippen MR) is 176 cm³/mol. The molecule has 6 nitrogen and oxygen atoms in total. The van der Waals surface area contributed by atoms with E-state index < -0.39 is 5.92 Å². The molecule has 2 unspecified atom stereocenters. The second-order valence-electron chi connectivity index (χ2n) is 14.2. The van der Waals surface area contributed by atoms with Gasteiger partial charge in [-0.2, -0.15) is 0 Å². The van der Waals surface area contributed by atoms with E-state index in [2.05, 4.69) is 56.8 Å². The number of pyridine rings is 1. The highest BCUT2D eigenvalue weighted by Crippen LogP contribution is 2.40. The van der Waals surface area contributed by atoms with Crippen LogP contribution < -0.4 is 10.6 Å². The first-order valence-corrected chi connectivity index (χ1v) is 17.7. The zero-order valence-electron chi connectivity index (χ0n) is 27.1. The fourth-order valence-electron chi connectivity index (χ4n) is 8.61. The molecule has 1 aromatic carbocycles. The van der Waals surface area contributed by atoms with Gasteiger partial charge in [0.15, 0.2) is 0 Å². The van der Waals surface area contributed by atoms with E-state index in [0.29, 0.717) is 43.4 Å². The molecule has 0 radical (unpaired) electrons. The summed E-state index contributed by atoms with van der Waals surface area (Å²) < 4.78 is 27.6. The van der Waals surface area contributed by atoms with Gasteiger partial charge in [0.1, 0.15) is 5.78 Å². The number of ketones is 1. The number of rotatable bonds is 15. The number of alkyl halides is 2. The van der Waals surface area contributed by atoms with E-state index in [1.54, 1.807) is 0 Å². The number of hydrogen-bond acceptors (Lipinski definition) is 6. The van der Waals surface area contributed by atoms with Crippen LogP contribution in [0.3, 0.4) is 0 Å². The highest BCUT2D eigenvalue weighted by Gasteiger charge is 2.47. The molecular formula is C37H53F2N5O. The van der Waals surface area contributed by atoms with Crippen molar-refractivity contribution in [2.75, 3.05) is 39.8 Å². The molecule has 0 spiro atoms. The summed E-state index contributed by atoms with van der Waals surface area (Å²) >= 11 is 0. The average molecular weight is 622 g/mol. The Balaban J connectivity index is 1.10. The van der Waals surface area contributed by atoms with Crippen LogP contribution in [0.15, 0.2) is 48.7 Å². The first-order chi connectivity index (χ1) is 21.9. The van der Waals surface area contributed by atoms with Gasteiger partial charge in [0.2, 0.25) is 5.92 Å². The molecule has 2 aromatic rings. The van der Waals surface area contributed by atoms with E-state index in [1.165, 1.54) is 48.9 Å². The van der Waals surface area contributed by atoms with Crippen molar-refractivity contribution in [1.29, 1.82) is 0 Å². The van der Waals surface area contributed by atoms with Gasteiger partial charge in [-0.1, -0.05) is 36.4 Å². The molecule has 8 heteroatoms. The van der Waals surface area contributed by atoms with Crippen molar-refractivity contribution >= 4 is 5.78 Å². The summed E-state index contributed by atoms with van der Waals surface area (Å²) in [6.07, 6.45) is 10.8. The summed E-state index contributed by atoms with van der Waals surface area (Å²) in [5.74, 6) is -2.51. The topological polar surface area (TPSA) is 60.5 Å². The largest absolute Gasteiger partial charge is 0.320 e. The van der Waals surface area contributed by atoms with Gasteiger partial charge in [0.25, 0.3) is 0 Å². The predicted octanol–water partition coefficient (Wildman–Crippen LogP) is 6.13. The van der Waals surface area contributed by atoms with Gasteiger partial charge in [0.05, 0.1) is 11.7 Å². The standard InChI is InChI=1S/C37H53F2N5O/c1-40-19-5-6-21-43(33-13-7-11-29-12-8-20-41-36(29)33)26-32-34-24-31(25-42-32)44(34)22-16-30(27-9-3-2-4-10-27)23-35(45)28-14-17-37(38,39)18-15-28/h2-4,8-10,12,20,28,30-34,40,42H,5-7,11,13-19,21-26H2,1H3/t30-,31?,32+,33+,34?/m1/s1. The van der Waals surface area contributed by atoms with Crippen LogP contribution in [0.1, 0.15) is 99.4 Å². The summed E-state index contributed by atoms with van der Waals surface area (Å²) in [5, 5.41) is 7.22. The summed E-state index contributed by atoms with van der Waals surface area (Å²) in [7, 11) is 2.03. The van der Waals surface area contributed by atoms with E-state index in [9.17, 15) is 13.6 Å². The maximum absolute atomic E-state index is 13.8. The molecule has 2 N–H and O–H groups in total. The van der Waals surface area contributed by atoms with E-state index in [1.807, 2.05) is 19.3 Å². The van der Waals surface area contributed by atoms with Crippen LogP contribution in [0.25, 0.3) is 0 Å². The van der Waals surface area contributed by atoms with Gasteiger partial charge >= 0.3 is 0 Å². The number of halogens is 2. The summed E-state index contributed by atoms with van der Waals surface area (Å²) in [6, 6.07) is 16.6. The van der Waals surface area contributed by atoms with Crippen molar-refractivity contribution < 1.29 is 13.6 Å². The Bertz CT molecular complexity index is 1230. The number of hydrogen-bond donors (Lipinski definition) is 2. The number of Topliss-reactive ketones (excluding diaryl/α,β-unsaturated/α-hetero) is 1.